The van der Waals surface area contributed by atoms with Crippen molar-refractivity contribution in [2.24, 2.45) is 5.92 Å². The molecule has 4 nitrogen and oxygen atoms in total. The van der Waals surface area contributed by atoms with E-state index in [1.54, 1.807) is 10.7 Å². The van der Waals surface area contributed by atoms with Crippen LogP contribution in [-0.4, -0.2) is 28.8 Å². The Morgan fingerprint density at radius 2 is 2.14 bits per heavy atom. The van der Waals surface area contributed by atoms with Gasteiger partial charge in [-0.25, -0.2) is 4.68 Å². The van der Waals surface area contributed by atoms with Crippen molar-refractivity contribution in [2.75, 3.05) is 23.9 Å². The summed E-state index contributed by atoms with van der Waals surface area (Å²) in [6.45, 7) is 5.04. The minimum Gasteiger partial charge on any atom is -0.370 e. The van der Waals surface area contributed by atoms with Gasteiger partial charge in [-0.3, -0.25) is 4.79 Å². The first-order valence-electron chi connectivity index (χ1n) is 8.09. The summed E-state index contributed by atoms with van der Waals surface area (Å²) in [6.07, 6.45) is 8.60. The third-order valence-electron chi connectivity index (χ3n) is 4.13. The molecule has 1 aliphatic heterocycles. The number of rotatable bonds is 7. The molecule has 1 aromatic heterocycles. The Morgan fingerprint density at radius 3 is 2.86 bits per heavy atom. The standard InChI is InChI=1S/C16H26ClN3O/c1-14-7-6-9-19(13-14)15-11-16(21)20(18-12-15)10-5-3-2-4-8-17/h11-12,14H,2-10,13H2,1H3. The number of alkyl halides is 1. The van der Waals surface area contributed by atoms with Gasteiger partial charge in [0, 0.05) is 31.6 Å². The SMILES string of the molecule is CC1CCCN(c2cnn(CCCCCCCl)c(=O)c2)C1. The van der Waals surface area contributed by atoms with Crippen molar-refractivity contribution >= 4 is 17.3 Å². The smallest absolute Gasteiger partial charge is 0.268 e. The van der Waals surface area contributed by atoms with Crippen molar-refractivity contribution in [1.82, 2.24) is 9.78 Å². The fourth-order valence-corrected chi connectivity index (χ4v) is 3.09. The number of nitrogens with zero attached hydrogens (tertiary/aromatic N) is 3. The Hall–Kier alpha value is -1.03. The van der Waals surface area contributed by atoms with Crippen LogP contribution in [0, 0.1) is 5.92 Å². The largest absolute Gasteiger partial charge is 0.370 e. The molecule has 118 valence electrons. The average Bonchev–Trinajstić information content (AvgIpc) is 2.48. The Morgan fingerprint density at radius 1 is 1.33 bits per heavy atom. The quantitative estimate of drug-likeness (QED) is 0.573. The molecule has 1 aromatic rings. The van der Waals surface area contributed by atoms with Gasteiger partial charge in [0.2, 0.25) is 0 Å². The van der Waals surface area contributed by atoms with E-state index in [2.05, 4.69) is 16.9 Å². The van der Waals surface area contributed by atoms with E-state index in [-0.39, 0.29) is 5.56 Å². The lowest BCUT2D eigenvalue weighted by molar-refractivity contribution is 0.445. The third-order valence-corrected chi connectivity index (χ3v) is 4.40. The molecule has 0 spiro atoms. The van der Waals surface area contributed by atoms with Gasteiger partial charge in [0.1, 0.15) is 0 Å². The summed E-state index contributed by atoms with van der Waals surface area (Å²) in [5, 5.41) is 4.33. The molecule has 0 bridgehead atoms. The van der Waals surface area contributed by atoms with Crippen LogP contribution in [0.15, 0.2) is 17.1 Å². The van der Waals surface area contributed by atoms with Crippen LogP contribution in [0.2, 0.25) is 0 Å². The van der Waals surface area contributed by atoms with Crippen LogP contribution in [0.25, 0.3) is 0 Å². The van der Waals surface area contributed by atoms with E-state index < -0.39 is 0 Å². The molecule has 1 saturated heterocycles. The second-order valence-corrected chi connectivity index (χ2v) is 6.45. The second kappa shape index (κ2) is 8.42. The van der Waals surface area contributed by atoms with Crippen LogP contribution in [0.1, 0.15) is 45.4 Å². The van der Waals surface area contributed by atoms with E-state index in [1.165, 1.54) is 12.8 Å². The third kappa shape index (κ3) is 5.03. The summed E-state index contributed by atoms with van der Waals surface area (Å²) < 4.78 is 1.58. The molecule has 0 aliphatic carbocycles. The summed E-state index contributed by atoms with van der Waals surface area (Å²) >= 11 is 5.65. The zero-order valence-corrected chi connectivity index (χ0v) is 13.7. The van der Waals surface area contributed by atoms with E-state index in [0.717, 1.165) is 50.3 Å². The highest BCUT2D eigenvalue weighted by Crippen LogP contribution is 2.20. The highest BCUT2D eigenvalue weighted by molar-refractivity contribution is 6.17. The predicted molar refractivity (Wildman–Crippen MR) is 88.3 cm³/mol. The highest BCUT2D eigenvalue weighted by Gasteiger charge is 2.17. The Kier molecular flexibility index (Phi) is 6.55. The molecule has 2 rings (SSSR count). The first-order valence-corrected chi connectivity index (χ1v) is 8.62. The maximum absolute atomic E-state index is 12.1. The van der Waals surface area contributed by atoms with Gasteiger partial charge in [0.25, 0.3) is 5.56 Å². The van der Waals surface area contributed by atoms with Crippen molar-refractivity contribution < 1.29 is 0 Å². The van der Waals surface area contributed by atoms with Gasteiger partial charge < -0.3 is 4.90 Å². The van der Waals surface area contributed by atoms with E-state index in [4.69, 9.17) is 11.6 Å². The van der Waals surface area contributed by atoms with Crippen LogP contribution in [0.5, 0.6) is 0 Å². The number of hydrogen-bond donors (Lipinski definition) is 0. The monoisotopic (exact) mass is 311 g/mol. The lowest BCUT2D eigenvalue weighted by atomic mass is 10.00. The highest BCUT2D eigenvalue weighted by atomic mass is 35.5. The number of piperidine rings is 1. The van der Waals surface area contributed by atoms with Gasteiger partial charge in [-0.2, -0.15) is 5.10 Å². The minimum atomic E-state index is 0.0167. The normalized spacial score (nSPS) is 19.0. The second-order valence-electron chi connectivity index (χ2n) is 6.07. The molecular weight excluding hydrogens is 286 g/mol. The Balaban J connectivity index is 1.89. The molecule has 1 fully saturated rings. The average molecular weight is 312 g/mol. The van der Waals surface area contributed by atoms with Crippen molar-refractivity contribution in [3.63, 3.8) is 0 Å². The van der Waals surface area contributed by atoms with Crippen molar-refractivity contribution in [3.05, 3.63) is 22.6 Å². The van der Waals surface area contributed by atoms with E-state index in [1.807, 2.05) is 6.20 Å². The molecule has 0 N–H and O–H groups in total. The number of hydrogen-bond acceptors (Lipinski definition) is 3. The van der Waals surface area contributed by atoms with Crippen LogP contribution < -0.4 is 10.5 Å². The lowest BCUT2D eigenvalue weighted by Gasteiger charge is -2.32. The topological polar surface area (TPSA) is 38.1 Å². The summed E-state index contributed by atoms with van der Waals surface area (Å²) in [7, 11) is 0. The minimum absolute atomic E-state index is 0.0167. The molecular formula is C16H26ClN3O. The molecule has 1 atom stereocenters. The molecule has 0 radical (unpaired) electrons. The van der Waals surface area contributed by atoms with E-state index in [9.17, 15) is 4.79 Å². The number of unbranched alkanes of at least 4 members (excludes halogenated alkanes) is 3. The van der Waals surface area contributed by atoms with Gasteiger partial charge >= 0.3 is 0 Å². The zero-order valence-electron chi connectivity index (χ0n) is 12.9. The van der Waals surface area contributed by atoms with Crippen molar-refractivity contribution in [1.29, 1.82) is 0 Å². The summed E-state index contributed by atoms with van der Waals surface area (Å²) in [5.41, 5.74) is 0.994. The fourth-order valence-electron chi connectivity index (χ4n) is 2.90. The van der Waals surface area contributed by atoms with Gasteiger partial charge in [-0.15, -0.1) is 11.6 Å². The van der Waals surface area contributed by atoms with Crippen LogP contribution in [0.4, 0.5) is 5.69 Å². The number of halogens is 1. The van der Waals surface area contributed by atoms with Gasteiger partial charge in [0.05, 0.1) is 11.9 Å². The van der Waals surface area contributed by atoms with Crippen molar-refractivity contribution in [3.8, 4) is 0 Å². The summed E-state index contributed by atoms with van der Waals surface area (Å²) in [6, 6.07) is 1.74. The predicted octanol–water partition coefficient (Wildman–Crippen LogP) is 3.28. The molecule has 5 heteroatoms. The van der Waals surface area contributed by atoms with Crippen molar-refractivity contribution in [2.45, 2.75) is 52.0 Å². The van der Waals surface area contributed by atoms with Gasteiger partial charge in [-0.05, 0) is 31.6 Å². The summed E-state index contributed by atoms with van der Waals surface area (Å²) in [5.74, 6) is 1.42. The van der Waals surface area contributed by atoms with Crippen LogP contribution in [0.3, 0.4) is 0 Å². The molecule has 0 saturated carbocycles. The number of aryl methyl sites for hydroxylation is 1. The maximum Gasteiger partial charge on any atom is 0.268 e. The van der Waals surface area contributed by atoms with E-state index in [0.29, 0.717) is 12.5 Å². The number of aromatic nitrogens is 2. The zero-order chi connectivity index (χ0) is 15.1. The Bertz CT molecular complexity index is 489. The van der Waals surface area contributed by atoms with Crippen LogP contribution in [-0.2, 0) is 6.54 Å². The lowest BCUT2D eigenvalue weighted by Crippen LogP contribution is -2.35. The van der Waals surface area contributed by atoms with Crippen LogP contribution >= 0.6 is 11.6 Å². The molecule has 0 aromatic carbocycles. The first-order chi connectivity index (χ1) is 10.2. The Labute approximate surface area is 132 Å². The maximum atomic E-state index is 12.1. The fraction of sp³-hybridized carbons (Fsp3) is 0.750. The summed E-state index contributed by atoms with van der Waals surface area (Å²) in [4.78, 5) is 14.4. The molecule has 2 heterocycles. The van der Waals surface area contributed by atoms with E-state index >= 15 is 0 Å². The molecule has 0 amide bonds. The van der Waals surface area contributed by atoms with Gasteiger partial charge in [-0.1, -0.05) is 19.8 Å². The molecule has 21 heavy (non-hydrogen) atoms. The van der Waals surface area contributed by atoms with Gasteiger partial charge in [0.15, 0.2) is 0 Å². The molecule has 1 aliphatic rings. The first kappa shape index (κ1) is 16.3. The molecule has 1 unspecified atom stereocenters. The number of anilines is 1.